The van der Waals surface area contributed by atoms with Gasteiger partial charge >= 0.3 is 0 Å². The van der Waals surface area contributed by atoms with Crippen LogP contribution in [0.3, 0.4) is 0 Å². The van der Waals surface area contributed by atoms with Crippen molar-refractivity contribution in [3.05, 3.63) is 40.8 Å². The third kappa shape index (κ3) is 5.65. The van der Waals surface area contributed by atoms with E-state index < -0.39 is 11.7 Å². The number of carbonyl (C=O) groups is 1. The molecule has 166 valence electrons. The highest BCUT2D eigenvalue weighted by atomic mass is 35.5. The molecule has 2 atom stereocenters. The zero-order valence-corrected chi connectivity index (χ0v) is 19.1. The molecule has 8 heteroatoms. The minimum Gasteiger partial charge on any atom is -0.398 e. The van der Waals surface area contributed by atoms with Gasteiger partial charge in [0.2, 0.25) is 0 Å². The summed E-state index contributed by atoms with van der Waals surface area (Å²) in [5.41, 5.74) is 6.26. The third-order valence-electron chi connectivity index (χ3n) is 5.23. The van der Waals surface area contributed by atoms with Crippen LogP contribution in [0.2, 0.25) is 5.02 Å². The maximum absolute atomic E-state index is 15.1. The molecule has 1 amide bonds. The molecule has 1 saturated carbocycles. The van der Waals surface area contributed by atoms with Gasteiger partial charge in [-0.15, -0.1) is 0 Å². The number of nitrogens with zero attached hydrogens (tertiary/aromatic N) is 3. The number of aromatic nitrogens is 1. The van der Waals surface area contributed by atoms with Crippen molar-refractivity contribution in [3.63, 3.8) is 0 Å². The van der Waals surface area contributed by atoms with Crippen molar-refractivity contribution in [3.8, 4) is 17.2 Å². The summed E-state index contributed by atoms with van der Waals surface area (Å²) in [5, 5.41) is 12.6. The Morgan fingerprint density at radius 2 is 2.06 bits per heavy atom. The largest absolute Gasteiger partial charge is 0.398 e. The van der Waals surface area contributed by atoms with E-state index >= 15 is 4.39 Å². The summed E-state index contributed by atoms with van der Waals surface area (Å²) >= 11 is 6.39. The van der Waals surface area contributed by atoms with Crippen molar-refractivity contribution in [2.24, 2.45) is 11.8 Å². The zero-order chi connectivity index (χ0) is 23.1. The van der Waals surface area contributed by atoms with Crippen molar-refractivity contribution in [2.45, 2.75) is 33.1 Å². The number of anilines is 2. The number of rotatable bonds is 5. The monoisotopic (exact) mass is 445 g/mol. The number of nitrogens with one attached hydrogen (secondary N) is 1. The van der Waals surface area contributed by atoms with Crippen LogP contribution in [-0.2, 0) is 0 Å². The first kappa shape index (κ1) is 24.4. The van der Waals surface area contributed by atoms with Gasteiger partial charge in [0.05, 0.1) is 16.7 Å². The van der Waals surface area contributed by atoms with Gasteiger partial charge in [-0.1, -0.05) is 25.4 Å². The zero-order valence-electron chi connectivity index (χ0n) is 18.4. The molecule has 6 nitrogen and oxygen atoms in total. The van der Waals surface area contributed by atoms with Crippen molar-refractivity contribution in [2.75, 3.05) is 31.7 Å². The summed E-state index contributed by atoms with van der Waals surface area (Å²) in [5.74, 6) is -0.0972. The minimum absolute atomic E-state index is 0.0690. The van der Waals surface area contributed by atoms with Crippen molar-refractivity contribution < 1.29 is 9.18 Å². The predicted octanol–water partition coefficient (Wildman–Crippen LogP) is 5.20. The van der Waals surface area contributed by atoms with Gasteiger partial charge in [-0.2, -0.15) is 5.26 Å². The van der Waals surface area contributed by atoms with Gasteiger partial charge < -0.3 is 16.0 Å². The maximum atomic E-state index is 15.1. The molecule has 3 rings (SSSR count). The Labute approximate surface area is 188 Å². The van der Waals surface area contributed by atoms with Crippen LogP contribution in [0.1, 0.15) is 43.5 Å². The van der Waals surface area contributed by atoms with E-state index in [4.69, 9.17) is 22.6 Å². The number of hydrogen-bond donors (Lipinski definition) is 2. The Morgan fingerprint density at radius 1 is 1.35 bits per heavy atom. The van der Waals surface area contributed by atoms with Crippen LogP contribution in [0, 0.1) is 29.0 Å². The van der Waals surface area contributed by atoms with Crippen LogP contribution >= 0.6 is 11.6 Å². The Bertz CT molecular complexity index is 973. The Morgan fingerprint density at radius 3 is 2.65 bits per heavy atom. The van der Waals surface area contributed by atoms with Crippen molar-refractivity contribution in [1.29, 1.82) is 5.26 Å². The first-order chi connectivity index (χ1) is 14.8. The molecule has 2 aromatic rings. The maximum Gasteiger partial charge on any atom is 0.258 e. The molecule has 0 spiro atoms. The van der Waals surface area contributed by atoms with E-state index in [-0.39, 0.29) is 22.7 Å². The summed E-state index contributed by atoms with van der Waals surface area (Å²) in [4.78, 5) is 17.9. The molecule has 1 aromatic carbocycles. The smallest absolute Gasteiger partial charge is 0.258 e. The number of hydrogen-bond acceptors (Lipinski definition) is 5. The molecule has 1 aromatic heterocycles. The second kappa shape index (κ2) is 11.0. The molecule has 0 aliphatic heterocycles. The fourth-order valence-electron chi connectivity index (χ4n) is 3.59. The Hall–Kier alpha value is -2.85. The highest BCUT2D eigenvalue weighted by molar-refractivity contribution is 6.33. The molecular formula is C23H29ClFN5O. The predicted molar refractivity (Wildman–Crippen MR) is 123 cm³/mol. The Balaban J connectivity index is 0.00000166. The molecule has 0 saturated heterocycles. The summed E-state index contributed by atoms with van der Waals surface area (Å²) < 4.78 is 15.1. The number of nitrogens with two attached hydrogens (primary N) is 1. The second-order valence-corrected chi connectivity index (χ2v) is 7.93. The molecule has 1 fully saturated rings. The standard InChI is InChI=1S/C21H23ClFN5O.C2H6/c1-28(2)21(29)19-17(25)6-5-14(20(19)23)15-11-27-18(8-16(15)22)26-10-13-4-3-12(7-13)9-24;1-2/h5-6,8,11-13H,3-4,7,10,25H2,1-2H3,(H,26,27);1-2H3. The third-order valence-corrected chi connectivity index (χ3v) is 5.55. The van der Waals surface area contributed by atoms with E-state index in [0.717, 1.165) is 19.3 Å². The molecule has 1 aliphatic rings. The molecule has 2 unspecified atom stereocenters. The molecule has 0 radical (unpaired) electrons. The second-order valence-electron chi connectivity index (χ2n) is 7.53. The summed E-state index contributed by atoms with van der Waals surface area (Å²) in [7, 11) is 3.07. The topological polar surface area (TPSA) is 95.0 Å². The average Bonchev–Trinajstić information content (AvgIpc) is 3.22. The first-order valence-electron chi connectivity index (χ1n) is 10.4. The van der Waals surface area contributed by atoms with E-state index in [2.05, 4.69) is 16.4 Å². The van der Waals surface area contributed by atoms with Crippen LogP contribution in [0.15, 0.2) is 24.4 Å². The van der Waals surface area contributed by atoms with E-state index in [1.165, 1.54) is 37.3 Å². The van der Waals surface area contributed by atoms with Gasteiger partial charge in [-0.05, 0) is 43.4 Å². The first-order valence-corrected chi connectivity index (χ1v) is 10.8. The van der Waals surface area contributed by atoms with E-state index in [0.29, 0.717) is 28.9 Å². The molecule has 0 bridgehead atoms. The number of pyridine rings is 1. The molecule has 3 N–H and O–H groups in total. The number of carbonyl (C=O) groups excluding carboxylic acids is 1. The van der Waals surface area contributed by atoms with Crippen molar-refractivity contribution >= 4 is 29.0 Å². The average molecular weight is 446 g/mol. The lowest BCUT2D eigenvalue weighted by Crippen LogP contribution is -2.24. The highest BCUT2D eigenvalue weighted by Gasteiger charge is 2.25. The van der Waals surface area contributed by atoms with Gasteiger partial charge in [0, 0.05) is 49.6 Å². The molecule has 1 aliphatic carbocycles. The SMILES string of the molecule is CC.CN(C)C(=O)c1c(N)ccc(-c2cnc(NCC3CCC(C#N)C3)cc2Cl)c1F. The van der Waals surface area contributed by atoms with Gasteiger partial charge in [0.15, 0.2) is 0 Å². The lowest BCUT2D eigenvalue weighted by atomic mass is 10.0. The van der Waals surface area contributed by atoms with Crippen LogP contribution in [0.4, 0.5) is 15.9 Å². The fourth-order valence-corrected chi connectivity index (χ4v) is 3.85. The van der Waals surface area contributed by atoms with Crippen LogP contribution in [-0.4, -0.2) is 36.4 Å². The van der Waals surface area contributed by atoms with E-state index in [1.807, 2.05) is 13.8 Å². The highest BCUT2D eigenvalue weighted by Crippen LogP contribution is 2.35. The van der Waals surface area contributed by atoms with E-state index in [1.54, 1.807) is 6.07 Å². The molecule has 31 heavy (non-hydrogen) atoms. The van der Waals surface area contributed by atoms with Gasteiger partial charge in [-0.25, -0.2) is 9.37 Å². The number of benzene rings is 1. The van der Waals surface area contributed by atoms with Gasteiger partial charge in [0.25, 0.3) is 5.91 Å². The number of amides is 1. The lowest BCUT2D eigenvalue weighted by molar-refractivity contribution is 0.0824. The number of nitriles is 1. The lowest BCUT2D eigenvalue weighted by Gasteiger charge is -2.16. The Kier molecular flexibility index (Phi) is 8.64. The summed E-state index contributed by atoms with van der Waals surface area (Å²) in [6.45, 7) is 4.71. The van der Waals surface area contributed by atoms with Crippen LogP contribution in [0.5, 0.6) is 0 Å². The minimum atomic E-state index is -0.721. The van der Waals surface area contributed by atoms with Crippen LogP contribution < -0.4 is 11.1 Å². The van der Waals surface area contributed by atoms with Crippen LogP contribution in [0.25, 0.3) is 11.1 Å². The van der Waals surface area contributed by atoms with Gasteiger partial charge in [-0.3, -0.25) is 4.79 Å². The normalized spacial score (nSPS) is 17.3. The summed E-state index contributed by atoms with van der Waals surface area (Å²) in [6.07, 6.45) is 4.31. The molecule has 1 heterocycles. The van der Waals surface area contributed by atoms with Crippen molar-refractivity contribution in [1.82, 2.24) is 9.88 Å². The number of halogens is 2. The molecular weight excluding hydrogens is 417 g/mol. The summed E-state index contributed by atoms with van der Waals surface area (Å²) in [6, 6.07) is 6.94. The number of nitrogen functional groups attached to an aromatic ring is 1. The fraction of sp³-hybridized carbons (Fsp3) is 0.435. The van der Waals surface area contributed by atoms with Gasteiger partial charge in [0.1, 0.15) is 11.6 Å². The quantitative estimate of drug-likeness (QED) is 0.616. The van der Waals surface area contributed by atoms with E-state index in [9.17, 15) is 4.79 Å².